The van der Waals surface area contributed by atoms with Crippen molar-refractivity contribution in [2.45, 2.75) is 24.3 Å². The number of thioether (sulfide) groups is 1. The van der Waals surface area contributed by atoms with Gasteiger partial charge in [0, 0.05) is 5.56 Å². The number of aryl methyl sites for hydroxylation is 1. The number of aromatic nitrogens is 2. The maximum absolute atomic E-state index is 12.0. The molecule has 2 aromatic rings. The van der Waals surface area contributed by atoms with Gasteiger partial charge in [-0.2, -0.15) is 5.26 Å². The van der Waals surface area contributed by atoms with Crippen molar-refractivity contribution < 1.29 is 9.90 Å². The minimum absolute atomic E-state index is 0.0869. The molecule has 0 radical (unpaired) electrons. The lowest BCUT2D eigenvalue weighted by Crippen LogP contribution is -2.17. The van der Waals surface area contributed by atoms with Crippen LogP contribution in [-0.2, 0) is 4.79 Å². The Morgan fingerprint density at radius 3 is 2.59 bits per heavy atom. The number of carbonyl (C=O) groups is 1. The number of nitrogens with one attached hydrogen (secondary N) is 1. The lowest BCUT2D eigenvalue weighted by molar-refractivity contribution is -0.136. The van der Waals surface area contributed by atoms with Crippen molar-refractivity contribution in [3.05, 3.63) is 45.7 Å². The normalized spacial score (nSPS) is 11.7. The average molecular weight is 315 g/mol. The van der Waals surface area contributed by atoms with E-state index in [1.807, 2.05) is 25.1 Å². The van der Waals surface area contributed by atoms with E-state index in [1.54, 1.807) is 12.1 Å². The summed E-state index contributed by atoms with van der Waals surface area (Å²) in [6.07, 6.45) is 0. The molecule has 0 bridgehead atoms. The van der Waals surface area contributed by atoms with Crippen molar-refractivity contribution in [2.75, 3.05) is 0 Å². The molecule has 0 spiro atoms. The highest BCUT2D eigenvalue weighted by Crippen LogP contribution is 2.24. The van der Waals surface area contributed by atoms with Crippen molar-refractivity contribution in [1.29, 1.82) is 5.26 Å². The Labute approximate surface area is 130 Å². The van der Waals surface area contributed by atoms with E-state index in [1.165, 1.54) is 6.92 Å². The number of nitrogens with zero attached hydrogens (tertiary/aromatic N) is 2. The van der Waals surface area contributed by atoms with Crippen molar-refractivity contribution in [2.24, 2.45) is 0 Å². The number of hydrogen-bond acceptors (Lipinski definition) is 5. The van der Waals surface area contributed by atoms with E-state index in [-0.39, 0.29) is 16.4 Å². The first-order valence-corrected chi connectivity index (χ1v) is 7.31. The second kappa shape index (κ2) is 6.45. The summed E-state index contributed by atoms with van der Waals surface area (Å²) < 4.78 is 0. The molecule has 0 aliphatic rings. The van der Waals surface area contributed by atoms with Crippen molar-refractivity contribution in [1.82, 2.24) is 9.97 Å². The summed E-state index contributed by atoms with van der Waals surface area (Å²) in [6, 6.07) is 9.10. The Bertz CT molecular complexity index is 806. The highest BCUT2D eigenvalue weighted by atomic mass is 32.2. The monoisotopic (exact) mass is 315 g/mol. The van der Waals surface area contributed by atoms with Crippen LogP contribution in [0.25, 0.3) is 11.3 Å². The predicted octanol–water partition coefficient (Wildman–Crippen LogP) is 2.18. The molecule has 0 fully saturated rings. The maximum atomic E-state index is 12.0. The number of carboxylic acids is 1. The van der Waals surface area contributed by atoms with Gasteiger partial charge < -0.3 is 10.1 Å². The van der Waals surface area contributed by atoms with Crippen molar-refractivity contribution in [3.63, 3.8) is 0 Å². The lowest BCUT2D eigenvalue weighted by Gasteiger charge is -2.08. The van der Waals surface area contributed by atoms with Crippen LogP contribution in [0.4, 0.5) is 0 Å². The van der Waals surface area contributed by atoms with Gasteiger partial charge in [0.15, 0.2) is 5.16 Å². The van der Waals surface area contributed by atoms with Crippen LogP contribution in [0.15, 0.2) is 34.2 Å². The zero-order valence-electron chi connectivity index (χ0n) is 12.0. The fourth-order valence-corrected chi connectivity index (χ4v) is 2.48. The standard InChI is InChI=1S/C15H13N3O3S/c1-8-3-5-10(6-4-8)12-11(7-16)13(19)18-15(17-12)22-9(2)14(20)21/h3-6,9H,1-2H3,(H,20,21)(H,17,18,19)/t9-/m0/s1. The van der Waals surface area contributed by atoms with Gasteiger partial charge in [-0.25, -0.2) is 4.98 Å². The number of aliphatic carboxylic acids is 1. The zero-order valence-corrected chi connectivity index (χ0v) is 12.8. The first-order chi connectivity index (χ1) is 10.4. The highest BCUT2D eigenvalue weighted by molar-refractivity contribution is 8.00. The van der Waals surface area contributed by atoms with Gasteiger partial charge >= 0.3 is 5.97 Å². The number of benzene rings is 1. The third-order valence-corrected chi connectivity index (χ3v) is 3.94. The molecule has 0 aliphatic carbocycles. The smallest absolute Gasteiger partial charge is 0.316 e. The molecule has 1 aromatic carbocycles. The van der Waals surface area contributed by atoms with Gasteiger partial charge in [0.25, 0.3) is 5.56 Å². The Balaban J connectivity index is 2.54. The summed E-state index contributed by atoms with van der Waals surface area (Å²) in [7, 11) is 0. The predicted molar refractivity (Wildman–Crippen MR) is 82.7 cm³/mol. The summed E-state index contributed by atoms with van der Waals surface area (Å²) in [4.78, 5) is 29.6. The van der Waals surface area contributed by atoms with Crippen LogP contribution >= 0.6 is 11.8 Å². The summed E-state index contributed by atoms with van der Waals surface area (Å²) in [6.45, 7) is 3.42. The second-order valence-electron chi connectivity index (χ2n) is 4.67. The molecule has 0 amide bonds. The Morgan fingerprint density at radius 1 is 1.41 bits per heavy atom. The number of carboxylic acid groups (broad SMARTS) is 1. The number of rotatable bonds is 4. The summed E-state index contributed by atoms with van der Waals surface area (Å²) in [5, 5.41) is 17.5. The molecule has 2 N–H and O–H groups in total. The van der Waals surface area contributed by atoms with E-state index < -0.39 is 16.8 Å². The van der Waals surface area contributed by atoms with Gasteiger partial charge in [0.2, 0.25) is 0 Å². The van der Waals surface area contributed by atoms with Crippen molar-refractivity contribution in [3.8, 4) is 17.3 Å². The van der Waals surface area contributed by atoms with E-state index in [9.17, 15) is 9.59 Å². The van der Waals surface area contributed by atoms with Gasteiger partial charge in [-0.05, 0) is 13.8 Å². The zero-order chi connectivity index (χ0) is 16.3. The summed E-state index contributed by atoms with van der Waals surface area (Å²) in [5.74, 6) is -1.01. The molecular formula is C15H13N3O3S. The molecule has 1 aromatic heterocycles. The van der Waals surface area contributed by atoms with Gasteiger partial charge in [0.1, 0.15) is 16.9 Å². The van der Waals surface area contributed by atoms with Crippen LogP contribution in [0.1, 0.15) is 18.1 Å². The Morgan fingerprint density at radius 2 is 2.05 bits per heavy atom. The van der Waals surface area contributed by atoms with E-state index in [0.29, 0.717) is 5.56 Å². The Hall–Kier alpha value is -2.59. The fraction of sp³-hybridized carbons (Fsp3) is 0.200. The van der Waals surface area contributed by atoms with Crippen LogP contribution in [0.3, 0.4) is 0 Å². The van der Waals surface area contributed by atoms with E-state index in [0.717, 1.165) is 17.3 Å². The minimum atomic E-state index is -1.01. The molecule has 112 valence electrons. The summed E-state index contributed by atoms with van der Waals surface area (Å²) >= 11 is 0.921. The van der Waals surface area contributed by atoms with Crippen LogP contribution < -0.4 is 5.56 Å². The average Bonchev–Trinajstić information content (AvgIpc) is 2.47. The molecule has 7 heteroatoms. The number of hydrogen-bond donors (Lipinski definition) is 2. The van der Waals surface area contributed by atoms with Crippen LogP contribution in [0.5, 0.6) is 0 Å². The minimum Gasteiger partial charge on any atom is -0.480 e. The van der Waals surface area contributed by atoms with Crippen molar-refractivity contribution >= 4 is 17.7 Å². The SMILES string of the molecule is Cc1ccc(-c2nc(S[C@@H](C)C(=O)O)[nH]c(=O)c2C#N)cc1. The molecule has 0 aliphatic heterocycles. The van der Waals surface area contributed by atoms with E-state index in [4.69, 9.17) is 10.4 Å². The first kappa shape index (κ1) is 15.8. The topological polar surface area (TPSA) is 107 Å². The molecule has 0 saturated heterocycles. The molecule has 0 saturated carbocycles. The maximum Gasteiger partial charge on any atom is 0.316 e. The molecule has 1 heterocycles. The second-order valence-corrected chi connectivity index (χ2v) is 6.00. The number of H-pyrrole nitrogens is 1. The third-order valence-electron chi connectivity index (χ3n) is 2.97. The molecule has 6 nitrogen and oxygen atoms in total. The van der Waals surface area contributed by atoms with Gasteiger partial charge in [0.05, 0.1) is 5.69 Å². The van der Waals surface area contributed by atoms with E-state index in [2.05, 4.69) is 9.97 Å². The Kier molecular flexibility index (Phi) is 4.63. The molecule has 2 rings (SSSR count). The van der Waals surface area contributed by atoms with Crippen LogP contribution in [-0.4, -0.2) is 26.3 Å². The summed E-state index contributed by atoms with van der Waals surface area (Å²) in [5.41, 5.74) is 1.27. The molecule has 22 heavy (non-hydrogen) atoms. The lowest BCUT2D eigenvalue weighted by atomic mass is 10.1. The third kappa shape index (κ3) is 3.35. The number of aromatic amines is 1. The van der Waals surface area contributed by atoms with Gasteiger partial charge in [-0.3, -0.25) is 9.59 Å². The largest absolute Gasteiger partial charge is 0.480 e. The molecule has 0 unspecified atom stereocenters. The molecular weight excluding hydrogens is 302 g/mol. The van der Waals surface area contributed by atoms with Crippen LogP contribution in [0, 0.1) is 18.3 Å². The first-order valence-electron chi connectivity index (χ1n) is 6.43. The highest BCUT2D eigenvalue weighted by Gasteiger charge is 2.18. The molecule has 1 atom stereocenters. The van der Waals surface area contributed by atoms with Crippen LogP contribution in [0.2, 0.25) is 0 Å². The quantitative estimate of drug-likeness (QED) is 0.661. The fourth-order valence-electron chi connectivity index (χ4n) is 1.75. The van der Waals surface area contributed by atoms with E-state index >= 15 is 0 Å². The van der Waals surface area contributed by atoms with Gasteiger partial charge in [-0.1, -0.05) is 41.6 Å². The number of nitriles is 1. The van der Waals surface area contributed by atoms with Gasteiger partial charge in [-0.15, -0.1) is 0 Å².